The van der Waals surface area contributed by atoms with Crippen molar-refractivity contribution in [2.45, 2.75) is 44.8 Å². The van der Waals surface area contributed by atoms with Crippen LogP contribution in [-0.4, -0.2) is 75.2 Å². The Bertz CT molecular complexity index is 1330. The van der Waals surface area contributed by atoms with Gasteiger partial charge in [-0.15, -0.1) is 12.4 Å². The molecule has 2 aliphatic rings. The van der Waals surface area contributed by atoms with E-state index in [-0.39, 0.29) is 23.9 Å². The Kier molecular flexibility index (Phi) is 8.52. The summed E-state index contributed by atoms with van der Waals surface area (Å²) < 4.78 is 12.3. The zero-order valence-corrected chi connectivity index (χ0v) is 21.7. The van der Waals surface area contributed by atoms with Gasteiger partial charge >= 0.3 is 0 Å². The van der Waals surface area contributed by atoms with Crippen molar-refractivity contribution in [3.8, 4) is 11.8 Å². The molecule has 12 nitrogen and oxygen atoms in total. The molecule has 37 heavy (non-hydrogen) atoms. The second-order valence-electron chi connectivity index (χ2n) is 8.97. The largest absolute Gasteiger partial charge is 0.481 e. The van der Waals surface area contributed by atoms with Crippen LogP contribution < -0.4 is 25.7 Å². The van der Waals surface area contributed by atoms with Gasteiger partial charge in [0.25, 0.3) is 5.56 Å². The number of aromatic nitrogens is 5. The summed E-state index contributed by atoms with van der Waals surface area (Å²) in [6, 6.07) is 3.88. The van der Waals surface area contributed by atoms with Gasteiger partial charge in [-0.1, -0.05) is 0 Å². The van der Waals surface area contributed by atoms with Crippen molar-refractivity contribution < 1.29 is 14.3 Å². The fourth-order valence-electron chi connectivity index (χ4n) is 4.71. The van der Waals surface area contributed by atoms with E-state index in [4.69, 9.17) is 9.47 Å². The van der Waals surface area contributed by atoms with Crippen molar-refractivity contribution in [3.05, 3.63) is 40.1 Å². The van der Waals surface area contributed by atoms with Gasteiger partial charge in [-0.3, -0.25) is 14.2 Å². The molecule has 0 spiro atoms. The van der Waals surface area contributed by atoms with Gasteiger partial charge in [0.05, 0.1) is 32.5 Å². The first-order valence-corrected chi connectivity index (χ1v) is 12.1. The van der Waals surface area contributed by atoms with E-state index in [9.17, 15) is 9.59 Å². The lowest BCUT2D eigenvalue weighted by Gasteiger charge is -2.32. The van der Waals surface area contributed by atoms with Crippen LogP contribution in [-0.2, 0) is 24.3 Å². The first-order chi connectivity index (χ1) is 17.5. The standard InChI is InChI=1S/C24H30N8O4.ClH/c1-35-20-6-4-17-23(30-20)32(21(34)14-26-17)12-11-31-9-7-15(8-10-31)25-13-18-27-22-16(24(28-18)36-2)3-5-19(33)29-22;/h4,6,14-15,25H,3,5,7-13H2,1-2H3,(H,27,28,29,33);1H. The smallest absolute Gasteiger partial charge is 0.270 e. The SMILES string of the molecule is COc1ccc2ncc(=O)n(CCN3CCC(NCc4nc5c(c(OC)n4)CCC(=O)N5)CC3)c2n1.Cl. The average Bonchev–Trinajstić information content (AvgIpc) is 2.90. The Morgan fingerprint density at radius 3 is 2.62 bits per heavy atom. The minimum atomic E-state index is -0.170. The van der Waals surface area contributed by atoms with Crippen LogP contribution in [0.15, 0.2) is 23.1 Å². The number of rotatable bonds is 8. The summed E-state index contributed by atoms with van der Waals surface area (Å²) in [5.74, 6) is 2.10. The summed E-state index contributed by atoms with van der Waals surface area (Å²) in [5, 5.41) is 6.36. The zero-order valence-electron chi connectivity index (χ0n) is 20.9. The number of likely N-dealkylation sites (tertiary alicyclic amines) is 1. The van der Waals surface area contributed by atoms with Crippen LogP contribution in [0.25, 0.3) is 11.2 Å². The number of fused-ring (bicyclic) bond motifs is 2. The highest BCUT2D eigenvalue weighted by molar-refractivity contribution is 5.93. The Morgan fingerprint density at radius 2 is 1.86 bits per heavy atom. The van der Waals surface area contributed by atoms with Gasteiger partial charge < -0.3 is 25.0 Å². The second-order valence-corrected chi connectivity index (χ2v) is 8.97. The summed E-state index contributed by atoms with van der Waals surface area (Å²) in [6.07, 6.45) is 4.28. The van der Waals surface area contributed by atoms with E-state index in [0.29, 0.717) is 66.5 Å². The lowest BCUT2D eigenvalue weighted by Crippen LogP contribution is -2.43. The van der Waals surface area contributed by atoms with Crippen molar-refractivity contribution in [2.24, 2.45) is 0 Å². The van der Waals surface area contributed by atoms with Gasteiger partial charge in [-0.25, -0.2) is 9.97 Å². The molecule has 2 N–H and O–H groups in total. The maximum Gasteiger partial charge on any atom is 0.270 e. The zero-order chi connectivity index (χ0) is 25.1. The van der Waals surface area contributed by atoms with Crippen molar-refractivity contribution in [2.75, 3.05) is 39.2 Å². The van der Waals surface area contributed by atoms with E-state index >= 15 is 0 Å². The molecule has 2 aliphatic heterocycles. The lowest BCUT2D eigenvalue weighted by atomic mass is 10.0. The quantitative estimate of drug-likeness (QED) is 0.436. The molecule has 0 atom stereocenters. The molecule has 0 aromatic carbocycles. The minimum absolute atomic E-state index is 0. The second kappa shape index (κ2) is 11.8. The van der Waals surface area contributed by atoms with Crippen LogP contribution in [0.3, 0.4) is 0 Å². The van der Waals surface area contributed by atoms with E-state index in [1.807, 2.05) is 6.07 Å². The number of ether oxygens (including phenoxy) is 2. The van der Waals surface area contributed by atoms with Gasteiger partial charge in [0, 0.05) is 31.6 Å². The lowest BCUT2D eigenvalue weighted by molar-refractivity contribution is -0.116. The number of anilines is 1. The Morgan fingerprint density at radius 1 is 1.05 bits per heavy atom. The summed E-state index contributed by atoms with van der Waals surface area (Å²) in [7, 11) is 3.14. The minimum Gasteiger partial charge on any atom is -0.481 e. The molecule has 1 saturated heterocycles. The van der Waals surface area contributed by atoms with Crippen LogP contribution in [0.5, 0.6) is 11.8 Å². The molecule has 1 amide bonds. The number of hydrogen-bond acceptors (Lipinski definition) is 10. The summed E-state index contributed by atoms with van der Waals surface area (Å²) in [4.78, 5) is 44.3. The molecule has 198 valence electrons. The average molecular weight is 531 g/mol. The maximum absolute atomic E-state index is 12.5. The maximum atomic E-state index is 12.5. The number of pyridine rings is 1. The molecular weight excluding hydrogens is 500 g/mol. The molecule has 3 aromatic heterocycles. The van der Waals surface area contributed by atoms with Crippen molar-refractivity contribution in [1.29, 1.82) is 0 Å². The van der Waals surface area contributed by atoms with E-state index in [0.717, 1.165) is 38.0 Å². The van der Waals surface area contributed by atoms with Crippen molar-refractivity contribution >= 4 is 35.3 Å². The molecule has 5 rings (SSSR count). The third kappa shape index (κ3) is 5.97. The van der Waals surface area contributed by atoms with Gasteiger partial charge in [-0.2, -0.15) is 9.97 Å². The number of nitrogens with zero attached hydrogens (tertiary/aromatic N) is 6. The number of piperidine rings is 1. The first-order valence-electron chi connectivity index (χ1n) is 12.1. The van der Waals surface area contributed by atoms with E-state index in [1.54, 1.807) is 24.9 Å². The molecule has 5 heterocycles. The highest BCUT2D eigenvalue weighted by Gasteiger charge is 2.23. The normalized spacial score (nSPS) is 16.1. The molecule has 0 radical (unpaired) electrons. The number of methoxy groups -OCH3 is 2. The number of carbonyl (C=O) groups excluding carboxylic acids is 1. The topological polar surface area (TPSA) is 136 Å². The first kappa shape index (κ1) is 26.7. The molecule has 0 saturated carbocycles. The van der Waals surface area contributed by atoms with Gasteiger partial charge in [0.2, 0.25) is 17.7 Å². The highest BCUT2D eigenvalue weighted by atomic mass is 35.5. The van der Waals surface area contributed by atoms with Crippen molar-refractivity contribution in [1.82, 2.24) is 34.7 Å². The van der Waals surface area contributed by atoms with E-state index in [2.05, 4.69) is 35.5 Å². The number of nitrogens with one attached hydrogen (secondary N) is 2. The number of carbonyl (C=O) groups is 1. The summed E-state index contributed by atoms with van der Waals surface area (Å²) in [6.45, 7) is 3.60. The fourth-order valence-corrected chi connectivity index (χ4v) is 4.71. The van der Waals surface area contributed by atoms with E-state index in [1.165, 1.54) is 6.20 Å². The van der Waals surface area contributed by atoms with Crippen LogP contribution in [0.1, 0.15) is 30.7 Å². The highest BCUT2D eigenvalue weighted by Crippen LogP contribution is 2.28. The molecule has 3 aromatic rings. The van der Waals surface area contributed by atoms with Gasteiger partial charge in [0.1, 0.15) is 17.2 Å². The molecule has 13 heteroatoms. The summed E-state index contributed by atoms with van der Waals surface area (Å²) in [5.41, 5.74) is 1.88. The monoisotopic (exact) mass is 530 g/mol. The number of amides is 1. The van der Waals surface area contributed by atoms with E-state index < -0.39 is 0 Å². The third-order valence-electron chi connectivity index (χ3n) is 6.72. The van der Waals surface area contributed by atoms with Crippen LogP contribution in [0.4, 0.5) is 5.82 Å². The molecule has 0 bridgehead atoms. The molecule has 0 aliphatic carbocycles. The van der Waals surface area contributed by atoms with Crippen molar-refractivity contribution in [3.63, 3.8) is 0 Å². The van der Waals surface area contributed by atoms with Crippen LogP contribution in [0.2, 0.25) is 0 Å². The predicted molar refractivity (Wildman–Crippen MR) is 139 cm³/mol. The molecular formula is C24H31ClN8O4. The fraction of sp³-hybridized carbons (Fsp3) is 0.500. The van der Waals surface area contributed by atoms with Gasteiger partial charge in [-0.05, 0) is 38.4 Å². The van der Waals surface area contributed by atoms with Gasteiger partial charge in [0.15, 0.2) is 5.65 Å². The van der Waals surface area contributed by atoms with Crippen LogP contribution >= 0.6 is 12.4 Å². The third-order valence-corrected chi connectivity index (χ3v) is 6.72. The number of halogens is 1. The predicted octanol–water partition coefficient (Wildman–Crippen LogP) is 1.16. The Hall–Kier alpha value is -3.35. The molecule has 1 fully saturated rings. The Labute approximate surface area is 220 Å². The number of hydrogen-bond donors (Lipinski definition) is 2. The molecule has 0 unspecified atom stereocenters. The van der Waals surface area contributed by atoms with Crippen LogP contribution in [0, 0.1) is 0 Å². The Balaban J connectivity index is 0.00000320. The summed E-state index contributed by atoms with van der Waals surface area (Å²) >= 11 is 0.